The fourth-order valence-corrected chi connectivity index (χ4v) is 5.43. The Morgan fingerprint density at radius 1 is 1.16 bits per heavy atom. The summed E-state index contributed by atoms with van der Waals surface area (Å²) in [5, 5.41) is 4.68. The third-order valence-electron chi connectivity index (χ3n) is 5.84. The van der Waals surface area contributed by atoms with Gasteiger partial charge in [-0.25, -0.2) is 17.7 Å². The molecular weight excluding hydrogens is 416 g/mol. The lowest BCUT2D eigenvalue weighted by Crippen LogP contribution is -2.40. The van der Waals surface area contributed by atoms with E-state index in [2.05, 4.69) is 10.1 Å². The largest absolute Gasteiger partial charge is 0.356 e. The van der Waals surface area contributed by atoms with Crippen LogP contribution in [-0.4, -0.2) is 40.5 Å². The van der Waals surface area contributed by atoms with Crippen LogP contribution in [0.1, 0.15) is 45.0 Å². The molecule has 4 rings (SSSR count). The molecule has 9 heteroatoms. The molecule has 3 heterocycles. The van der Waals surface area contributed by atoms with Crippen molar-refractivity contribution in [2.75, 3.05) is 13.1 Å². The fraction of sp³-hybridized carbons (Fsp3) is 0.500. The maximum Gasteiger partial charge on any atom is 0.253 e. The number of aromatic nitrogens is 3. The molecule has 0 N–H and O–H groups in total. The van der Waals surface area contributed by atoms with E-state index in [-0.39, 0.29) is 22.6 Å². The van der Waals surface area contributed by atoms with Gasteiger partial charge in [0.15, 0.2) is 5.58 Å². The molecule has 1 aromatic carbocycles. The first-order chi connectivity index (χ1) is 14.6. The first-order valence-electron chi connectivity index (χ1n) is 10.5. The molecule has 2 aromatic heterocycles. The van der Waals surface area contributed by atoms with Crippen molar-refractivity contribution >= 4 is 21.0 Å². The molecule has 1 aliphatic rings. The van der Waals surface area contributed by atoms with Crippen LogP contribution in [0.5, 0.6) is 0 Å². The Balaban J connectivity index is 1.39. The smallest absolute Gasteiger partial charge is 0.253 e. The van der Waals surface area contributed by atoms with Gasteiger partial charge in [-0.15, -0.1) is 0 Å². The molecule has 3 aromatic rings. The first-order valence-corrected chi connectivity index (χ1v) is 12.1. The van der Waals surface area contributed by atoms with Crippen molar-refractivity contribution in [1.29, 1.82) is 0 Å². The minimum absolute atomic E-state index is 0.0621. The van der Waals surface area contributed by atoms with E-state index >= 15 is 0 Å². The Morgan fingerprint density at radius 2 is 1.87 bits per heavy atom. The molecule has 0 aliphatic carbocycles. The average Bonchev–Trinajstić information content (AvgIpc) is 3.11. The molecule has 166 valence electrons. The number of hydrogen-bond acceptors (Lipinski definition) is 6. The minimum Gasteiger partial charge on any atom is -0.356 e. The predicted octanol–water partition coefficient (Wildman–Crippen LogP) is 2.92. The molecule has 1 fully saturated rings. The molecule has 8 nitrogen and oxygen atoms in total. The Morgan fingerprint density at radius 3 is 2.55 bits per heavy atom. The molecule has 0 atom stereocenters. The summed E-state index contributed by atoms with van der Waals surface area (Å²) in [6, 6.07) is 8.86. The van der Waals surface area contributed by atoms with Crippen LogP contribution in [0.2, 0.25) is 0 Å². The summed E-state index contributed by atoms with van der Waals surface area (Å²) in [5.74, 6) is 0.0612. The van der Waals surface area contributed by atoms with Crippen molar-refractivity contribution < 1.29 is 12.9 Å². The molecule has 0 saturated carbocycles. The van der Waals surface area contributed by atoms with Crippen molar-refractivity contribution in [1.82, 2.24) is 19.0 Å². The highest BCUT2D eigenvalue weighted by Gasteiger charge is 2.30. The summed E-state index contributed by atoms with van der Waals surface area (Å²) in [4.78, 5) is 16.9. The standard InChI is InChI=1S/C22H28N4O4S/c1-22(2,3)20-12-21(27)25(15-23-20)13-16-8-10-26(11-9-16)31(28,29)14-18-17-6-4-5-7-19(17)30-24-18/h4-7,12,15-16H,8-11,13-14H2,1-3H3. The van der Waals surface area contributed by atoms with Crippen LogP contribution in [0, 0.1) is 5.92 Å². The maximum atomic E-state index is 12.9. The zero-order chi connectivity index (χ0) is 22.2. The van der Waals surface area contributed by atoms with E-state index in [1.54, 1.807) is 23.0 Å². The van der Waals surface area contributed by atoms with E-state index in [1.807, 2.05) is 39.0 Å². The van der Waals surface area contributed by atoms with Crippen LogP contribution in [0.25, 0.3) is 11.0 Å². The monoisotopic (exact) mass is 444 g/mol. The van der Waals surface area contributed by atoms with Gasteiger partial charge in [0.05, 0.1) is 12.0 Å². The number of rotatable bonds is 5. The fourth-order valence-electron chi connectivity index (χ4n) is 3.93. The summed E-state index contributed by atoms with van der Waals surface area (Å²) in [6.45, 7) is 7.50. The van der Waals surface area contributed by atoms with Gasteiger partial charge in [-0.05, 0) is 30.9 Å². The summed E-state index contributed by atoms with van der Waals surface area (Å²) >= 11 is 0. The molecule has 0 spiro atoms. The van der Waals surface area contributed by atoms with E-state index in [9.17, 15) is 13.2 Å². The molecule has 1 saturated heterocycles. The molecule has 0 radical (unpaired) electrons. The van der Waals surface area contributed by atoms with Gasteiger partial charge >= 0.3 is 0 Å². The Hall–Kier alpha value is -2.52. The lowest BCUT2D eigenvalue weighted by atomic mass is 9.92. The van der Waals surface area contributed by atoms with Crippen molar-refractivity contribution in [2.45, 2.75) is 51.3 Å². The van der Waals surface area contributed by atoms with Gasteiger partial charge in [0.25, 0.3) is 5.56 Å². The summed E-state index contributed by atoms with van der Waals surface area (Å²) < 4.78 is 34.2. The van der Waals surface area contributed by atoms with Crippen LogP contribution >= 0.6 is 0 Å². The molecular formula is C22H28N4O4S. The van der Waals surface area contributed by atoms with Crippen molar-refractivity contribution in [3.63, 3.8) is 0 Å². The lowest BCUT2D eigenvalue weighted by Gasteiger charge is -2.31. The number of nitrogens with zero attached hydrogens (tertiary/aromatic N) is 4. The average molecular weight is 445 g/mol. The van der Waals surface area contributed by atoms with Crippen LogP contribution in [-0.2, 0) is 27.7 Å². The third kappa shape index (κ3) is 4.72. The number of benzene rings is 1. The van der Waals surface area contributed by atoms with Crippen LogP contribution in [0.3, 0.4) is 0 Å². The zero-order valence-electron chi connectivity index (χ0n) is 18.1. The van der Waals surface area contributed by atoms with Gasteiger partial charge in [-0.1, -0.05) is 38.1 Å². The highest BCUT2D eigenvalue weighted by Crippen LogP contribution is 2.25. The summed E-state index contributed by atoms with van der Waals surface area (Å²) in [6.07, 6.45) is 3.01. The van der Waals surface area contributed by atoms with Gasteiger partial charge in [0.2, 0.25) is 10.0 Å². The van der Waals surface area contributed by atoms with Crippen LogP contribution in [0.15, 0.2) is 46.0 Å². The first kappa shape index (κ1) is 21.7. The van der Waals surface area contributed by atoms with E-state index in [4.69, 9.17) is 4.52 Å². The predicted molar refractivity (Wildman–Crippen MR) is 118 cm³/mol. The van der Waals surface area contributed by atoms with Gasteiger partial charge < -0.3 is 4.52 Å². The second kappa shape index (κ2) is 8.20. The Labute approximate surface area is 181 Å². The number of piperidine rings is 1. The van der Waals surface area contributed by atoms with Gasteiger partial charge in [0.1, 0.15) is 11.4 Å². The third-order valence-corrected chi connectivity index (χ3v) is 7.63. The normalized spacial score (nSPS) is 16.7. The van der Waals surface area contributed by atoms with Crippen molar-refractivity contribution in [3.8, 4) is 0 Å². The second-order valence-electron chi connectivity index (χ2n) is 9.24. The molecule has 0 unspecified atom stereocenters. The number of fused-ring (bicyclic) bond motifs is 1. The van der Waals surface area contributed by atoms with E-state index in [0.29, 0.717) is 43.8 Å². The zero-order valence-corrected chi connectivity index (χ0v) is 18.9. The van der Waals surface area contributed by atoms with E-state index in [0.717, 1.165) is 11.1 Å². The van der Waals surface area contributed by atoms with Crippen molar-refractivity contribution in [3.05, 3.63) is 58.4 Å². The van der Waals surface area contributed by atoms with Gasteiger partial charge in [0, 0.05) is 36.5 Å². The quantitative estimate of drug-likeness (QED) is 0.600. The number of hydrogen-bond donors (Lipinski definition) is 0. The SMILES string of the molecule is CC(C)(C)c1cc(=O)n(CC2CCN(S(=O)(=O)Cc3noc4ccccc34)CC2)cn1. The van der Waals surface area contributed by atoms with Crippen molar-refractivity contribution in [2.24, 2.45) is 5.92 Å². The van der Waals surface area contributed by atoms with Crippen LogP contribution < -0.4 is 5.56 Å². The second-order valence-corrected chi connectivity index (χ2v) is 11.2. The van der Waals surface area contributed by atoms with E-state index < -0.39 is 10.0 Å². The number of sulfonamides is 1. The minimum atomic E-state index is -3.49. The van der Waals surface area contributed by atoms with Gasteiger partial charge in [-0.2, -0.15) is 0 Å². The van der Waals surface area contributed by atoms with Gasteiger partial charge in [-0.3, -0.25) is 9.36 Å². The highest BCUT2D eigenvalue weighted by atomic mass is 32.2. The molecule has 31 heavy (non-hydrogen) atoms. The maximum absolute atomic E-state index is 12.9. The Kier molecular flexibility index (Phi) is 5.74. The molecule has 1 aliphatic heterocycles. The van der Waals surface area contributed by atoms with Crippen LogP contribution in [0.4, 0.5) is 0 Å². The summed E-state index contributed by atoms with van der Waals surface area (Å²) in [5.41, 5.74) is 1.56. The highest BCUT2D eigenvalue weighted by molar-refractivity contribution is 7.88. The Bertz CT molecular complexity index is 1230. The topological polar surface area (TPSA) is 98.3 Å². The molecule has 0 amide bonds. The molecule has 0 bridgehead atoms. The summed E-state index contributed by atoms with van der Waals surface area (Å²) in [7, 11) is -3.49. The lowest BCUT2D eigenvalue weighted by molar-refractivity contribution is 0.250. The number of para-hydroxylation sites is 1. The van der Waals surface area contributed by atoms with E-state index in [1.165, 1.54) is 4.31 Å².